The van der Waals surface area contributed by atoms with E-state index in [0.717, 1.165) is 44.2 Å². The fraction of sp³-hybridized carbons (Fsp3) is 0.360. The van der Waals surface area contributed by atoms with Crippen molar-refractivity contribution in [3.63, 3.8) is 0 Å². The Morgan fingerprint density at radius 1 is 1.09 bits per heavy atom. The number of rotatable bonds is 8. The van der Waals surface area contributed by atoms with E-state index in [2.05, 4.69) is 4.98 Å². The number of aryl methyl sites for hydroxylation is 2. The predicted octanol–water partition coefficient (Wildman–Crippen LogP) is 6.45. The number of aromatic nitrogens is 1. The van der Waals surface area contributed by atoms with Crippen LogP contribution in [0.5, 0.6) is 5.75 Å². The SMILES string of the molecule is CCOC(=O)C(C)(C)Oc1ccc(SCc2[se]c(-c3ccc(C(F)(F)F)cc3)nc2C)cc1C. The Morgan fingerprint density at radius 3 is 2.35 bits per heavy atom. The van der Waals surface area contributed by atoms with E-state index in [-0.39, 0.29) is 14.5 Å². The number of alkyl halides is 3. The minimum absolute atomic E-state index is 0.0431. The topological polar surface area (TPSA) is 48.4 Å². The van der Waals surface area contributed by atoms with Gasteiger partial charge in [0.05, 0.1) is 0 Å². The Morgan fingerprint density at radius 2 is 1.76 bits per heavy atom. The van der Waals surface area contributed by atoms with Crippen molar-refractivity contribution in [3.8, 4) is 15.9 Å². The minimum atomic E-state index is -4.34. The molecule has 34 heavy (non-hydrogen) atoms. The van der Waals surface area contributed by atoms with E-state index in [1.807, 2.05) is 32.0 Å². The first-order chi connectivity index (χ1) is 15.9. The number of halogens is 3. The molecule has 0 atom stereocenters. The molecule has 0 spiro atoms. The summed E-state index contributed by atoms with van der Waals surface area (Å²) in [5, 5.41) is 0. The van der Waals surface area contributed by atoms with Gasteiger partial charge in [-0.05, 0) is 6.92 Å². The van der Waals surface area contributed by atoms with Gasteiger partial charge in [-0.3, -0.25) is 0 Å². The third-order valence-corrected chi connectivity index (χ3v) is 8.96. The molecule has 0 N–H and O–H groups in total. The number of esters is 1. The zero-order valence-corrected chi connectivity index (χ0v) is 22.1. The van der Waals surface area contributed by atoms with E-state index in [1.54, 1.807) is 32.5 Å². The predicted molar refractivity (Wildman–Crippen MR) is 128 cm³/mol. The van der Waals surface area contributed by atoms with Gasteiger partial charge in [0, 0.05) is 0 Å². The van der Waals surface area contributed by atoms with Gasteiger partial charge in [-0.25, -0.2) is 0 Å². The standard InChI is InChI=1S/C25H26F3NO3SSe/c1-6-31-23(30)24(4,5)32-20-12-11-19(13-15(20)2)33-14-21-16(3)29-22(34-21)17-7-9-18(10-8-17)25(26,27)28/h7-13H,6,14H2,1-5H3. The van der Waals surface area contributed by atoms with Gasteiger partial charge in [0.2, 0.25) is 0 Å². The van der Waals surface area contributed by atoms with Crippen LogP contribution in [0.25, 0.3) is 10.1 Å². The zero-order chi connectivity index (χ0) is 25.1. The summed E-state index contributed by atoms with van der Waals surface area (Å²) in [6, 6.07) is 11.0. The summed E-state index contributed by atoms with van der Waals surface area (Å²) in [6.45, 7) is 9.27. The van der Waals surface area contributed by atoms with Crippen LogP contribution in [0.4, 0.5) is 13.2 Å². The van der Waals surface area contributed by atoms with Crippen LogP contribution in [0.1, 0.15) is 42.0 Å². The van der Waals surface area contributed by atoms with E-state index in [4.69, 9.17) is 9.47 Å². The Hall–Kier alpha value is -2.22. The van der Waals surface area contributed by atoms with E-state index in [0.29, 0.717) is 12.4 Å². The fourth-order valence-corrected chi connectivity index (χ4v) is 6.63. The molecule has 3 rings (SSSR count). The van der Waals surface area contributed by atoms with E-state index >= 15 is 0 Å². The van der Waals surface area contributed by atoms with Crippen molar-refractivity contribution in [2.24, 2.45) is 0 Å². The Balaban J connectivity index is 1.67. The van der Waals surface area contributed by atoms with Crippen LogP contribution in [-0.4, -0.2) is 37.7 Å². The van der Waals surface area contributed by atoms with E-state index in [9.17, 15) is 18.0 Å². The molecule has 0 saturated heterocycles. The van der Waals surface area contributed by atoms with Crippen LogP contribution in [0.15, 0.2) is 47.4 Å². The number of carbonyl (C=O) groups is 1. The normalized spacial score (nSPS) is 12.0. The summed E-state index contributed by atoms with van der Waals surface area (Å²) in [4.78, 5) is 17.8. The molecule has 3 aromatic rings. The second kappa shape index (κ2) is 10.6. The van der Waals surface area contributed by atoms with Gasteiger partial charge in [0.25, 0.3) is 0 Å². The number of hydrogen-bond acceptors (Lipinski definition) is 5. The molecule has 0 aliphatic heterocycles. The second-order valence-electron chi connectivity index (χ2n) is 8.15. The molecule has 0 fully saturated rings. The molecule has 0 unspecified atom stereocenters. The molecule has 0 aliphatic rings. The van der Waals surface area contributed by atoms with Crippen LogP contribution in [0.2, 0.25) is 0 Å². The van der Waals surface area contributed by atoms with Gasteiger partial charge in [0.1, 0.15) is 0 Å². The van der Waals surface area contributed by atoms with E-state index < -0.39 is 23.3 Å². The molecule has 0 radical (unpaired) electrons. The number of nitrogens with zero attached hydrogens (tertiary/aromatic N) is 1. The number of thioether (sulfide) groups is 1. The monoisotopic (exact) mass is 557 g/mol. The molecule has 2 aromatic carbocycles. The zero-order valence-electron chi connectivity index (χ0n) is 19.6. The van der Waals surface area contributed by atoms with Crippen molar-refractivity contribution >= 4 is 32.2 Å². The van der Waals surface area contributed by atoms with Crippen molar-refractivity contribution in [3.05, 3.63) is 63.7 Å². The summed E-state index contributed by atoms with van der Waals surface area (Å²) in [5.41, 5.74) is 0.822. The quantitative estimate of drug-likeness (QED) is 0.181. The van der Waals surface area contributed by atoms with Crippen LogP contribution < -0.4 is 4.74 Å². The van der Waals surface area contributed by atoms with Crippen LogP contribution >= 0.6 is 11.8 Å². The van der Waals surface area contributed by atoms with Gasteiger partial charge >= 0.3 is 201 Å². The van der Waals surface area contributed by atoms with Crippen LogP contribution in [0, 0.1) is 13.8 Å². The fourth-order valence-electron chi connectivity index (χ4n) is 3.08. The first kappa shape index (κ1) is 26.4. The second-order valence-corrected chi connectivity index (χ2v) is 11.5. The maximum absolute atomic E-state index is 12.8. The third-order valence-electron chi connectivity index (χ3n) is 5.00. The average Bonchev–Trinajstić information content (AvgIpc) is 3.14. The molecular weight excluding hydrogens is 530 g/mol. The maximum atomic E-state index is 12.8. The summed E-state index contributed by atoms with van der Waals surface area (Å²) in [5.74, 6) is 0.950. The molecule has 0 aliphatic carbocycles. The Kier molecular flexibility index (Phi) is 8.21. The average molecular weight is 557 g/mol. The number of hydrogen-bond donors (Lipinski definition) is 0. The molecule has 182 valence electrons. The van der Waals surface area contributed by atoms with Gasteiger partial charge < -0.3 is 0 Å². The number of ether oxygens (including phenoxy) is 2. The van der Waals surface area contributed by atoms with Crippen molar-refractivity contribution in [2.75, 3.05) is 6.61 Å². The summed E-state index contributed by atoms with van der Waals surface area (Å²) in [7, 11) is 0. The summed E-state index contributed by atoms with van der Waals surface area (Å²) in [6.07, 6.45) is -4.34. The van der Waals surface area contributed by atoms with Gasteiger partial charge in [0.15, 0.2) is 0 Å². The molecular formula is C25H26F3NO3SSe. The first-order valence-corrected chi connectivity index (χ1v) is 13.3. The van der Waals surface area contributed by atoms with Crippen molar-refractivity contribution in [1.29, 1.82) is 0 Å². The third kappa shape index (κ3) is 6.46. The van der Waals surface area contributed by atoms with Crippen LogP contribution in [-0.2, 0) is 21.5 Å². The Labute approximate surface area is 207 Å². The molecule has 1 aromatic heterocycles. The van der Waals surface area contributed by atoms with E-state index in [1.165, 1.54) is 16.6 Å². The summed E-state index contributed by atoms with van der Waals surface area (Å²) >= 11 is 1.63. The molecule has 9 heteroatoms. The molecule has 1 heterocycles. The van der Waals surface area contributed by atoms with Gasteiger partial charge in [-0.2, -0.15) is 0 Å². The Bertz CT molecular complexity index is 1160. The summed E-state index contributed by atoms with van der Waals surface area (Å²) < 4.78 is 51.5. The van der Waals surface area contributed by atoms with Gasteiger partial charge in [-0.15, -0.1) is 0 Å². The van der Waals surface area contributed by atoms with Gasteiger partial charge in [-0.1, -0.05) is 0 Å². The van der Waals surface area contributed by atoms with Crippen molar-refractivity contribution in [1.82, 2.24) is 4.98 Å². The number of benzene rings is 2. The first-order valence-electron chi connectivity index (χ1n) is 10.6. The molecule has 0 bridgehead atoms. The van der Waals surface area contributed by atoms with Crippen molar-refractivity contribution in [2.45, 2.75) is 57.0 Å². The number of carbonyl (C=O) groups excluding carboxylic acids is 1. The molecule has 0 amide bonds. The van der Waals surface area contributed by atoms with Crippen LogP contribution in [0.3, 0.4) is 0 Å². The molecule has 4 nitrogen and oxygen atoms in total. The molecule has 0 saturated carbocycles. The van der Waals surface area contributed by atoms with Crippen molar-refractivity contribution < 1.29 is 27.4 Å².